The first-order valence-electron chi connectivity index (χ1n) is 12.0. The summed E-state index contributed by atoms with van der Waals surface area (Å²) < 4.78 is 41.2. The van der Waals surface area contributed by atoms with E-state index < -0.39 is 6.36 Å². The third-order valence-corrected chi connectivity index (χ3v) is 9.17. The molecule has 0 bridgehead atoms. The Hall–Kier alpha value is -2.08. The molecule has 1 N–H and O–H groups in total. The van der Waals surface area contributed by atoms with Gasteiger partial charge in [0.25, 0.3) is 0 Å². The van der Waals surface area contributed by atoms with Crippen LogP contribution < -0.4 is 4.74 Å². The Kier molecular flexibility index (Phi) is 5.31. The first-order valence-corrected chi connectivity index (χ1v) is 12.0. The lowest BCUT2D eigenvalue weighted by atomic mass is 9.48. The van der Waals surface area contributed by atoms with Gasteiger partial charge in [-0.3, -0.25) is 4.79 Å². The topological polar surface area (TPSA) is 46.5 Å². The standard InChI is InChI=1S/C27H31F3O3/c1-25-11-9-19(31)15-18(25)5-8-21-22(25)10-12-26(2)23(21)14-17(24(26)32)13-16-3-6-20(7-4-16)33-27(28,29)30/h3-7,13,19,21-23,31H,8-12,14-15H2,1-2H3/b17-13+/t19-,21-,22+,23+,25+,26+/m1/s1. The van der Waals surface area contributed by atoms with Crippen LogP contribution >= 0.6 is 0 Å². The molecule has 0 aromatic heterocycles. The average molecular weight is 461 g/mol. The van der Waals surface area contributed by atoms with Gasteiger partial charge in [-0.1, -0.05) is 37.6 Å². The van der Waals surface area contributed by atoms with Gasteiger partial charge < -0.3 is 9.84 Å². The fourth-order valence-corrected chi connectivity index (χ4v) is 7.41. The van der Waals surface area contributed by atoms with Gasteiger partial charge in [-0.15, -0.1) is 13.2 Å². The zero-order valence-corrected chi connectivity index (χ0v) is 19.1. The Morgan fingerprint density at radius 1 is 1.03 bits per heavy atom. The number of fused-ring (bicyclic) bond motifs is 5. The zero-order valence-electron chi connectivity index (χ0n) is 19.1. The number of hydrogen-bond donors (Lipinski definition) is 1. The minimum absolute atomic E-state index is 0.118. The molecule has 178 valence electrons. The molecule has 6 atom stereocenters. The number of carbonyl (C=O) groups is 1. The highest BCUT2D eigenvalue weighted by atomic mass is 19.4. The molecule has 4 aliphatic carbocycles. The Morgan fingerprint density at radius 2 is 1.73 bits per heavy atom. The molecule has 0 amide bonds. The minimum Gasteiger partial charge on any atom is -0.406 e. The van der Waals surface area contributed by atoms with Gasteiger partial charge in [0, 0.05) is 5.41 Å². The van der Waals surface area contributed by atoms with E-state index in [0.717, 1.165) is 50.5 Å². The zero-order chi connectivity index (χ0) is 23.6. The van der Waals surface area contributed by atoms with Gasteiger partial charge in [-0.25, -0.2) is 0 Å². The molecule has 3 saturated carbocycles. The third-order valence-electron chi connectivity index (χ3n) is 9.17. The van der Waals surface area contributed by atoms with Crippen LogP contribution in [0.4, 0.5) is 13.2 Å². The summed E-state index contributed by atoms with van der Waals surface area (Å²) in [7, 11) is 0. The number of halogens is 3. The minimum atomic E-state index is -4.72. The summed E-state index contributed by atoms with van der Waals surface area (Å²) in [6.45, 7) is 4.48. The number of benzene rings is 1. The van der Waals surface area contributed by atoms with Gasteiger partial charge in [-0.05, 0) is 97.5 Å². The normalized spacial score (nSPS) is 39.5. The molecule has 4 aliphatic rings. The molecule has 1 aromatic rings. The van der Waals surface area contributed by atoms with Crippen molar-refractivity contribution >= 4 is 11.9 Å². The smallest absolute Gasteiger partial charge is 0.406 e. The van der Waals surface area contributed by atoms with Crippen LogP contribution in [0, 0.1) is 28.6 Å². The van der Waals surface area contributed by atoms with Crippen molar-refractivity contribution in [1.82, 2.24) is 0 Å². The number of alkyl halides is 3. The molecule has 33 heavy (non-hydrogen) atoms. The highest BCUT2D eigenvalue weighted by Gasteiger charge is 2.59. The SMILES string of the molecule is C[C@]12CC[C@@H](O)CC1=CC[C@@H]1[C@@H]2CC[C@]2(C)C(=O)/C(=C/c3ccc(OC(F)(F)F)cc3)C[C@@H]12. The summed E-state index contributed by atoms with van der Waals surface area (Å²) >= 11 is 0. The van der Waals surface area contributed by atoms with Crippen LogP contribution in [0.3, 0.4) is 0 Å². The van der Waals surface area contributed by atoms with E-state index in [-0.39, 0.29) is 34.4 Å². The maximum atomic E-state index is 13.5. The Morgan fingerprint density at radius 3 is 2.42 bits per heavy atom. The lowest BCUT2D eigenvalue weighted by molar-refractivity contribution is -0.274. The van der Waals surface area contributed by atoms with E-state index in [0.29, 0.717) is 17.4 Å². The molecule has 3 nitrogen and oxygen atoms in total. The van der Waals surface area contributed by atoms with E-state index in [2.05, 4.69) is 24.7 Å². The number of carbonyl (C=O) groups excluding carboxylic acids is 1. The lowest BCUT2D eigenvalue weighted by Gasteiger charge is -2.56. The van der Waals surface area contributed by atoms with Crippen LogP contribution in [0.25, 0.3) is 6.08 Å². The second-order valence-corrected chi connectivity index (χ2v) is 10.9. The highest BCUT2D eigenvalue weighted by molar-refractivity contribution is 6.05. The molecule has 0 spiro atoms. The van der Waals surface area contributed by atoms with Crippen molar-refractivity contribution in [2.45, 2.75) is 71.3 Å². The van der Waals surface area contributed by atoms with Gasteiger partial charge in [-0.2, -0.15) is 0 Å². The van der Waals surface area contributed by atoms with Crippen LogP contribution in [0.5, 0.6) is 5.75 Å². The predicted molar refractivity (Wildman–Crippen MR) is 119 cm³/mol. The summed E-state index contributed by atoms with van der Waals surface area (Å²) in [5.74, 6) is 1.20. The molecule has 1 aromatic carbocycles. The fourth-order valence-electron chi connectivity index (χ4n) is 7.41. The van der Waals surface area contributed by atoms with E-state index >= 15 is 0 Å². The van der Waals surface area contributed by atoms with Crippen molar-refractivity contribution in [1.29, 1.82) is 0 Å². The lowest BCUT2D eigenvalue weighted by Crippen LogP contribution is -2.50. The van der Waals surface area contributed by atoms with Crippen LogP contribution in [0.1, 0.15) is 64.4 Å². The number of ketones is 1. The maximum Gasteiger partial charge on any atom is 0.573 e. The molecule has 0 radical (unpaired) electrons. The number of aliphatic hydroxyl groups is 1. The van der Waals surface area contributed by atoms with Crippen molar-refractivity contribution in [3.8, 4) is 5.75 Å². The van der Waals surface area contributed by atoms with E-state index in [1.807, 2.05) is 6.08 Å². The van der Waals surface area contributed by atoms with Gasteiger partial charge in [0.2, 0.25) is 0 Å². The molecule has 0 heterocycles. The van der Waals surface area contributed by atoms with Crippen molar-refractivity contribution < 1.29 is 27.8 Å². The quantitative estimate of drug-likeness (QED) is 0.406. The van der Waals surface area contributed by atoms with Crippen molar-refractivity contribution in [3.05, 3.63) is 47.1 Å². The monoisotopic (exact) mass is 460 g/mol. The summed E-state index contributed by atoms with van der Waals surface area (Å²) in [6.07, 6.45) is 5.47. The van der Waals surface area contributed by atoms with E-state index in [4.69, 9.17) is 0 Å². The van der Waals surface area contributed by atoms with Crippen LogP contribution in [0.2, 0.25) is 0 Å². The molecular formula is C27H31F3O3. The molecule has 5 rings (SSSR count). The van der Waals surface area contributed by atoms with Crippen LogP contribution in [-0.4, -0.2) is 23.4 Å². The number of aliphatic hydroxyl groups excluding tert-OH is 1. The maximum absolute atomic E-state index is 13.5. The fraction of sp³-hybridized carbons (Fsp3) is 0.593. The van der Waals surface area contributed by atoms with Gasteiger partial charge >= 0.3 is 6.36 Å². The van der Waals surface area contributed by atoms with Gasteiger partial charge in [0.15, 0.2) is 5.78 Å². The van der Waals surface area contributed by atoms with E-state index in [9.17, 15) is 23.1 Å². The summed E-state index contributed by atoms with van der Waals surface area (Å²) in [6, 6.07) is 5.71. The summed E-state index contributed by atoms with van der Waals surface area (Å²) in [4.78, 5) is 13.5. The number of rotatable bonds is 2. The molecule has 6 heteroatoms. The van der Waals surface area contributed by atoms with Crippen LogP contribution in [-0.2, 0) is 4.79 Å². The second-order valence-electron chi connectivity index (χ2n) is 10.9. The summed E-state index contributed by atoms with van der Waals surface area (Å²) in [5.41, 5.74) is 2.65. The third kappa shape index (κ3) is 3.84. The number of Topliss-reactive ketones (excluding diaryl/α,β-unsaturated/α-hetero) is 1. The Labute approximate surface area is 192 Å². The molecular weight excluding hydrogens is 429 g/mol. The van der Waals surface area contributed by atoms with Gasteiger partial charge in [0.05, 0.1) is 6.10 Å². The molecule has 0 unspecified atom stereocenters. The molecule has 0 saturated heterocycles. The highest BCUT2D eigenvalue weighted by Crippen LogP contribution is 2.64. The summed E-state index contributed by atoms with van der Waals surface area (Å²) in [5, 5.41) is 10.2. The van der Waals surface area contributed by atoms with Crippen molar-refractivity contribution in [2.24, 2.45) is 28.6 Å². The Balaban J connectivity index is 1.40. The molecule has 3 fully saturated rings. The Bertz CT molecular complexity index is 1010. The van der Waals surface area contributed by atoms with Crippen LogP contribution in [0.15, 0.2) is 41.5 Å². The predicted octanol–water partition coefficient (Wildman–Crippen LogP) is 6.47. The first-order chi connectivity index (χ1) is 15.5. The number of ether oxygens (including phenoxy) is 1. The van der Waals surface area contributed by atoms with Crippen molar-refractivity contribution in [2.75, 3.05) is 0 Å². The van der Waals surface area contributed by atoms with E-state index in [1.54, 1.807) is 12.1 Å². The largest absolute Gasteiger partial charge is 0.573 e. The van der Waals surface area contributed by atoms with E-state index in [1.165, 1.54) is 17.7 Å². The molecule has 0 aliphatic heterocycles. The number of allylic oxidation sites excluding steroid dienone is 2. The number of hydrogen-bond acceptors (Lipinski definition) is 3. The van der Waals surface area contributed by atoms with Gasteiger partial charge in [0.1, 0.15) is 5.75 Å². The van der Waals surface area contributed by atoms with Crippen molar-refractivity contribution in [3.63, 3.8) is 0 Å². The second kappa shape index (κ2) is 7.72. The first kappa shape index (κ1) is 22.7. The average Bonchev–Trinajstić information content (AvgIpc) is 2.99.